The molecule has 2 N–H and O–H groups in total. The van der Waals surface area contributed by atoms with Gasteiger partial charge in [-0.3, -0.25) is 9.79 Å². The van der Waals surface area contributed by atoms with Crippen molar-refractivity contribution in [2.24, 2.45) is 4.99 Å². The third kappa shape index (κ3) is 1.46. The number of aliphatic imine (C=N–C) groups is 1. The van der Waals surface area contributed by atoms with Crippen LogP contribution in [0, 0.1) is 0 Å². The van der Waals surface area contributed by atoms with E-state index in [-0.39, 0.29) is 11.9 Å². The highest BCUT2D eigenvalue weighted by molar-refractivity contribution is 6.09. The molecule has 0 aromatic rings. The highest BCUT2D eigenvalue weighted by atomic mass is 16.2. The molecule has 1 atom stereocenters. The maximum Gasteiger partial charge on any atom is 0.252 e. The minimum atomic E-state index is -0.570. The Bertz CT molecular complexity index is 264. The molecule has 2 heterocycles. The van der Waals surface area contributed by atoms with Gasteiger partial charge >= 0.3 is 0 Å². The number of amidine groups is 1. The van der Waals surface area contributed by atoms with Gasteiger partial charge in [0, 0.05) is 0 Å². The smallest absolute Gasteiger partial charge is 0.252 e. The average molecular weight is 181 g/mol. The molecule has 2 aliphatic heterocycles. The fourth-order valence-corrected chi connectivity index (χ4v) is 1.73. The first-order valence-electron chi connectivity index (χ1n) is 4.74. The largest absolute Gasteiger partial charge is 0.311 e. The van der Waals surface area contributed by atoms with E-state index in [1.165, 1.54) is 6.42 Å². The molecule has 0 aromatic heterocycles. The summed E-state index contributed by atoms with van der Waals surface area (Å²) in [6.07, 6.45) is 2.25. The number of amides is 1. The van der Waals surface area contributed by atoms with E-state index in [4.69, 9.17) is 0 Å². The van der Waals surface area contributed by atoms with Crippen molar-refractivity contribution in [1.82, 2.24) is 10.6 Å². The second kappa shape index (κ2) is 2.80. The molecular formula is C9H15N3O. The molecule has 0 aromatic carbocycles. The molecule has 2 rings (SSSR count). The molecule has 72 valence electrons. The van der Waals surface area contributed by atoms with E-state index < -0.39 is 5.54 Å². The molecule has 0 bridgehead atoms. The van der Waals surface area contributed by atoms with Crippen LogP contribution in [0.2, 0.25) is 0 Å². The van der Waals surface area contributed by atoms with Gasteiger partial charge in [-0.05, 0) is 33.2 Å². The summed E-state index contributed by atoms with van der Waals surface area (Å²) in [5, 5.41) is 6.15. The van der Waals surface area contributed by atoms with Crippen molar-refractivity contribution in [3.05, 3.63) is 0 Å². The Morgan fingerprint density at radius 3 is 2.77 bits per heavy atom. The predicted octanol–water partition coefficient (Wildman–Crippen LogP) is 0.0453. The van der Waals surface area contributed by atoms with Gasteiger partial charge in [0.2, 0.25) is 0 Å². The van der Waals surface area contributed by atoms with E-state index in [2.05, 4.69) is 15.6 Å². The topological polar surface area (TPSA) is 53.5 Å². The van der Waals surface area contributed by atoms with Gasteiger partial charge in [0.15, 0.2) is 0 Å². The monoisotopic (exact) mass is 181 g/mol. The molecule has 2 aliphatic rings. The van der Waals surface area contributed by atoms with E-state index in [1.54, 1.807) is 0 Å². The number of nitrogens with zero attached hydrogens (tertiary/aromatic N) is 1. The molecule has 4 nitrogen and oxygen atoms in total. The molecule has 1 amide bonds. The number of hydrogen-bond donors (Lipinski definition) is 2. The number of rotatable bonds is 1. The van der Waals surface area contributed by atoms with Crippen LogP contribution in [-0.2, 0) is 4.79 Å². The minimum absolute atomic E-state index is 0.0104. The summed E-state index contributed by atoms with van der Waals surface area (Å²) in [5.74, 6) is 0.837. The second-order valence-electron chi connectivity index (χ2n) is 4.16. The quantitative estimate of drug-likeness (QED) is 0.600. The van der Waals surface area contributed by atoms with Crippen molar-refractivity contribution in [3.63, 3.8) is 0 Å². The number of carbonyl (C=O) groups excluding carboxylic acids is 1. The van der Waals surface area contributed by atoms with Gasteiger partial charge in [-0.15, -0.1) is 0 Å². The molecular weight excluding hydrogens is 166 g/mol. The van der Waals surface area contributed by atoms with Gasteiger partial charge in [-0.1, -0.05) is 0 Å². The molecule has 4 heteroatoms. The Morgan fingerprint density at radius 1 is 1.54 bits per heavy atom. The molecule has 0 aliphatic carbocycles. The summed E-state index contributed by atoms with van der Waals surface area (Å²) >= 11 is 0. The van der Waals surface area contributed by atoms with Gasteiger partial charge in [0.1, 0.15) is 11.4 Å². The normalized spacial score (nSPS) is 31.7. The lowest BCUT2D eigenvalue weighted by atomic mass is 10.1. The van der Waals surface area contributed by atoms with E-state index in [0.717, 1.165) is 18.8 Å². The van der Waals surface area contributed by atoms with Crippen LogP contribution >= 0.6 is 0 Å². The first-order chi connectivity index (χ1) is 6.09. The number of nitrogens with one attached hydrogen (secondary N) is 2. The summed E-state index contributed by atoms with van der Waals surface area (Å²) in [4.78, 5) is 15.8. The fraction of sp³-hybridized carbons (Fsp3) is 0.778. The lowest BCUT2D eigenvalue weighted by molar-refractivity contribution is -0.122. The first kappa shape index (κ1) is 8.69. The third-order valence-electron chi connectivity index (χ3n) is 2.59. The maximum absolute atomic E-state index is 11.4. The van der Waals surface area contributed by atoms with E-state index in [0.29, 0.717) is 0 Å². The SMILES string of the molecule is CC1(C)N=C(C2CCCN2)NC1=O. The van der Waals surface area contributed by atoms with Crippen LogP contribution < -0.4 is 10.6 Å². The van der Waals surface area contributed by atoms with E-state index >= 15 is 0 Å². The Hall–Kier alpha value is -0.900. The van der Waals surface area contributed by atoms with Crippen LogP contribution in [0.5, 0.6) is 0 Å². The average Bonchev–Trinajstić information content (AvgIpc) is 2.60. The summed E-state index contributed by atoms with van der Waals surface area (Å²) in [5.41, 5.74) is -0.570. The molecule has 0 radical (unpaired) electrons. The second-order valence-corrected chi connectivity index (χ2v) is 4.16. The lowest BCUT2D eigenvalue weighted by Gasteiger charge is -2.08. The van der Waals surface area contributed by atoms with Gasteiger partial charge in [0.05, 0.1) is 6.04 Å². The summed E-state index contributed by atoms with van der Waals surface area (Å²) in [7, 11) is 0. The number of carbonyl (C=O) groups is 1. The van der Waals surface area contributed by atoms with Crippen molar-refractivity contribution in [2.45, 2.75) is 38.3 Å². The Balaban J connectivity index is 2.13. The Labute approximate surface area is 77.8 Å². The third-order valence-corrected chi connectivity index (χ3v) is 2.59. The first-order valence-corrected chi connectivity index (χ1v) is 4.74. The Kier molecular flexibility index (Phi) is 1.87. The van der Waals surface area contributed by atoms with Crippen molar-refractivity contribution in [3.8, 4) is 0 Å². The highest BCUT2D eigenvalue weighted by Crippen LogP contribution is 2.18. The van der Waals surface area contributed by atoms with Crippen LogP contribution in [-0.4, -0.2) is 29.9 Å². The predicted molar refractivity (Wildman–Crippen MR) is 50.7 cm³/mol. The summed E-state index contributed by atoms with van der Waals surface area (Å²) < 4.78 is 0. The van der Waals surface area contributed by atoms with Crippen LogP contribution in [0.15, 0.2) is 4.99 Å². The van der Waals surface area contributed by atoms with Crippen molar-refractivity contribution in [1.29, 1.82) is 0 Å². The van der Waals surface area contributed by atoms with Gasteiger partial charge in [-0.25, -0.2) is 0 Å². The zero-order valence-corrected chi connectivity index (χ0v) is 8.05. The van der Waals surface area contributed by atoms with Gasteiger partial charge in [-0.2, -0.15) is 0 Å². The molecule has 1 unspecified atom stereocenters. The molecule has 1 fully saturated rings. The maximum atomic E-state index is 11.4. The molecule has 0 spiro atoms. The number of hydrogen-bond acceptors (Lipinski definition) is 3. The highest BCUT2D eigenvalue weighted by Gasteiger charge is 2.37. The van der Waals surface area contributed by atoms with Crippen molar-refractivity contribution in [2.75, 3.05) is 6.54 Å². The summed E-state index contributed by atoms with van der Waals surface area (Å²) in [6, 6.07) is 0.269. The van der Waals surface area contributed by atoms with Gasteiger partial charge < -0.3 is 10.6 Å². The minimum Gasteiger partial charge on any atom is -0.311 e. The van der Waals surface area contributed by atoms with Crippen LogP contribution in [0.4, 0.5) is 0 Å². The summed E-state index contributed by atoms with van der Waals surface area (Å²) in [6.45, 7) is 4.70. The fourth-order valence-electron chi connectivity index (χ4n) is 1.73. The van der Waals surface area contributed by atoms with Crippen LogP contribution in [0.3, 0.4) is 0 Å². The standard InChI is InChI=1S/C9H15N3O/c1-9(2)8(13)11-7(12-9)6-4-3-5-10-6/h6,10H,3-5H2,1-2H3,(H,11,12,13). The van der Waals surface area contributed by atoms with E-state index in [1.807, 2.05) is 13.8 Å². The molecule has 0 saturated carbocycles. The molecule has 13 heavy (non-hydrogen) atoms. The van der Waals surface area contributed by atoms with Crippen LogP contribution in [0.1, 0.15) is 26.7 Å². The molecule has 1 saturated heterocycles. The lowest BCUT2D eigenvalue weighted by Crippen LogP contribution is -2.41. The zero-order chi connectivity index (χ0) is 9.47. The van der Waals surface area contributed by atoms with Crippen molar-refractivity contribution < 1.29 is 4.79 Å². The van der Waals surface area contributed by atoms with Gasteiger partial charge in [0.25, 0.3) is 5.91 Å². The zero-order valence-electron chi connectivity index (χ0n) is 8.05. The van der Waals surface area contributed by atoms with Crippen LogP contribution in [0.25, 0.3) is 0 Å². The van der Waals surface area contributed by atoms with Crippen molar-refractivity contribution >= 4 is 11.7 Å². The Morgan fingerprint density at radius 2 is 2.31 bits per heavy atom. The van der Waals surface area contributed by atoms with E-state index in [9.17, 15) is 4.79 Å².